The second-order valence-electron chi connectivity index (χ2n) is 12.0. The van der Waals surface area contributed by atoms with E-state index in [9.17, 15) is 9.59 Å². The molecule has 3 amide bonds. The molecule has 3 aromatic carbocycles. The van der Waals surface area contributed by atoms with Gasteiger partial charge in [-0.05, 0) is 48.2 Å². The van der Waals surface area contributed by atoms with Crippen LogP contribution in [-0.2, 0) is 10.2 Å². The number of pyridine rings is 1. The first-order valence-corrected chi connectivity index (χ1v) is 15.7. The van der Waals surface area contributed by atoms with Crippen molar-refractivity contribution in [3.63, 3.8) is 0 Å². The highest BCUT2D eigenvalue weighted by Gasteiger charge is 2.22. The number of rotatable bonds is 8. The molecule has 0 unspecified atom stereocenters. The molecule has 0 aliphatic rings. The summed E-state index contributed by atoms with van der Waals surface area (Å²) in [7, 11) is 6.68. The number of nitrogens with one attached hydrogen (secondary N) is 3. The first-order valence-electron chi connectivity index (χ1n) is 14.8. The predicted octanol–water partition coefficient (Wildman–Crippen LogP) is 8.65. The van der Waals surface area contributed by atoms with Crippen molar-refractivity contribution in [3.05, 3.63) is 77.3 Å². The molecular formula is C35H38N6O5S. The largest absolute Gasteiger partial charge is 0.492 e. The van der Waals surface area contributed by atoms with Crippen molar-refractivity contribution in [2.75, 3.05) is 49.2 Å². The maximum atomic E-state index is 13.4. The standard InChI is InChI=1S/C35H38N6O5S/c1-20-31(41(5)6)40-32(47-20)28-19-22(15-16-36-28)46-29-14-13-25(23-11-9-10-12-24(23)29)37-33(42)38-26-17-21(35(2,3)4)18-27(30(26)44-7)39-34(43)45-8/h9-19H,1-8H3,(H,39,43)(H2,37,38,42). The highest BCUT2D eigenvalue weighted by Crippen LogP contribution is 2.40. The van der Waals surface area contributed by atoms with Gasteiger partial charge in [0.05, 0.1) is 31.3 Å². The Bertz CT molecular complexity index is 1950. The SMILES string of the molecule is COC(=O)Nc1cc(C(C)(C)C)cc(NC(=O)Nc2ccc(Oc3ccnc(-c4nc(N(C)C)c(C)s4)c3)c3ccccc23)c1OC. The number of amides is 3. The smallest absolute Gasteiger partial charge is 0.411 e. The number of hydrogen-bond acceptors (Lipinski definition) is 9. The molecule has 244 valence electrons. The van der Waals surface area contributed by atoms with Crippen molar-refractivity contribution >= 4 is 57.1 Å². The second kappa shape index (κ2) is 13.6. The molecule has 0 aliphatic heterocycles. The van der Waals surface area contributed by atoms with Gasteiger partial charge in [0.15, 0.2) is 5.75 Å². The van der Waals surface area contributed by atoms with Crippen LogP contribution in [0.4, 0.5) is 32.5 Å². The fourth-order valence-corrected chi connectivity index (χ4v) is 5.96. The maximum absolute atomic E-state index is 13.4. The van der Waals surface area contributed by atoms with Gasteiger partial charge >= 0.3 is 12.1 Å². The molecule has 0 radical (unpaired) electrons. The number of urea groups is 1. The summed E-state index contributed by atoms with van der Waals surface area (Å²) in [6.07, 6.45) is 1.05. The molecule has 2 heterocycles. The lowest BCUT2D eigenvalue weighted by Crippen LogP contribution is -2.22. The predicted molar refractivity (Wildman–Crippen MR) is 189 cm³/mol. The molecule has 47 heavy (non-hydrogen) atoms. The molecule has 0 bridgehead atoms. The van der Waals surface area contributed by atoms with Crippen LogP contribution < -0.4 is 30.3 Å². The highest BCUT2D eigenvalue weighted by molar-refractivity contribution is 7.15. The number of benzene rings is 3. The molecule has 0 saturated heterocycles. The average Bonchev–Trinajstić information content (AvgIpc) is 3.43. The zero-order valence-electron chi connectivity index (χ0n) is 27.6. The third-order valence-corrected chi connectivity index (χ3v) is 8.32. The number of ether oxygens (including phenoxy) is 3. The molecule has 11 nitrogen and oxygen atoms in total. The van der Waals surface area contributed by atoms with Gasteiger partial charge in [0.2, 0.25) is 0 Å². The summed E-state index contributed by atoms with van der Waals surface area (Å²) in [5.41, 5.74) is 2.63. The molecule has 3 N–H and O–H groups in total. The van der Waals surface area contributed by atoms with Crippen LogP contribution in [0.15, 0.2) is 66.9 Å². The molecule has 5 aromatic rings. The summed E-state index contributed by atoms with van der Waals surface area (Å²) >= 11 is 1.58. The minimum Gasteiger partial charge on any atom is -0.492 e. The Morgan fingerprint density at radius 2 is 1.55 bits per heavy atom. The summed E-state index contributed by atoms with van der Waals surface area (Å²) < 4.78 is 16.7. The van der Waals surface area contributed by atoms with Gasteiger partial charge in [-0.2, -0.15) is 0 Å². The maximum Gasteiger partial charge on any atom is 0.411 e. The van der Waals surface area contributed by atoms with E-state index in [0.717, 1.165) is 37.7 Å². The van der Waals surface area contributed by atoms with Crippen molar-refractivity contribution in [2.45, 2.75) is 33.1 Å². The van der Waals surface area contributed by atoms with Crippen LogP contribution in [-0.4, -0.2) is 50.4 Å². The van der Waals surface area contributed by atoms with Crippen molar-refractivity contribution in [2.24, 2.45) is 0 Å². The van der Waals surface area contributed by atoms with Gasteiger partial charge in [-0.1, -0.05) is 45.0 Å². The van der Waals surface area contributed by atoms with Gasteiger partial charge in [-0.15, -0.1) is 11.3 Å². The van der Waals surface area contributed by atoms with E-state index < -0.39 is 12.1 Å². The lowest BCUT2D eigenvalue weighted by Gasteiger charge is -2.24. The molecule has 12 heteroatoms. The second-order valence-corrected chi connectivity index (χ2v) is 13.2. The summed E-state index contributed by atoms with van der Waals surface area (Å²) in [5, 5.41) is 10.9. The summed E-state index contributed by atoms with van der Waals surface area (Å²) in [5.74, 6) is 2.43. The van der Waals surface area contributed by atoms with Gasteiger partial charge in [0.1, 0.15) is 28.0 Å². The van der Waals surface area contributed by atoms with Crippen molar-refractivity contribution < 1.29 is 23.8 Å². The summed E-state index contributed by atoms with van der Waals surface area (Å²) in [6, 6.07) is 18.1. The number of carbonyl (C=O) groups is 2. The van der Waals surface area contributed by atoms with E-state index in [1.165, 1.54) is 14.2 Å². The van der Waals surface area contributed by atoms with Crippen molar-refractivity contribution in [1.29, 1.82) is 0 Å². The van der Waals surface area contributed by atoms with Crippen LogP contribution in [0.2, 0.25) is 0 Å². The van der Waals surface area contributed by atoms with E-state index in [1.54, 1.807) is 35.7 Å². The Morgan fingerprint density at radius 3 is 2.19 bits per heavy atom. The number of methoxy groups -OCH3 is 2. The highest BCUT2D eigenvalue weighted by atomic mass is 32.1. The Balaban J connectivity index is 1.41. The van der Waals surface area contributed by atoms with Gasteiger partial charge < -0.3 is 29.7 Å². The molecule has 0 fully saturated rings. The van der Waals surface area contributed by atoms with Gasteiger partial charge in [-0.25, -0.2) is 14.6 Å². The number of carbonyl (C=O) groups excluding carboxylic acids is 2. The van der Waals surface area contributed by atoms with Crippen LogP contribution in [0.5, 0.6) is 17.2 Å². The number of thiazole rings is 1. The number of fused-ring (bicyclic) bond motifs is 1. The normalized spacial score (nSPS) is 11.1. The minimum atomic E-state index is -0.654. The molecule has 2 aromatic heterocycles. The Labute approximate surface area is 277 Å². The lowest BCUT2D eigenvalue weighted by molar-refractivity contribution is 0.187. The fraction of sp³-hybridized carbons (Fsp3) is 0.257. The van der Waals surface area contributed by atoms with Crippen LogP contribution in [0.25, 0.3) is 21.5 Å². The fourth-order valence-electron chi connectivity index (χ4n) is 5.01. The Kier molecular flexibility index (Phi) is 9.52. The quantitative estimate of drug-likeness (QED) is 0.152. The number of aryl methyl sites for hydroxylation is 1. The number of anilines is 4. The van der Waals surface area contributed by atoms with Crippen LogP contribution in [0, 0.1) is 6.92 Å². The molecule has 0 spiro atoms. The number of aromatic nitrogens is 2. The van der Waals surface area contributed by atoms with Crippen LogP contribution in [0.1, 0.15) is 31.2 Å². The first kappa shape index (κ1) is 33.0. The first-order chi connectivity index (χ1) is 22.4. The molecule has 0 saturated carbocycles. The van der Waals surface area contributed by atoms with E-state index >= 15 is 0 Å². The molecular weight excluding hydrogens is 616 g/mol. The number of nitrogens with zero attached hydrogens (tertiary/aromatic N) is 3. The van der Waals surface area contributed by atoms with E-state index in [0.29, 0.717) is 28.6 Å². The third-order valence-electron chi connectivity index (χ3n) is 7.34. The lowest BCUT2D eigenvalue weighted by atomic mass is 9.86. The Hall–Kier alpha value is -5.36. The van der Waals surface area contributed by atoms with Crippen molar-refractivity contribution in [3.8, 4) is 28.0 Å². The average molecular weight is 655 g/mol. The molecule has 0 aliphatic carbocycles. The Morgan fingerprint density at radius 1 is 0.872 bits per heavy atom. The zero-order chi connectivity index (χ0) is 33.9. The number of hydrogen-bond donors (Lipinski definition) is 3. The van der Waals surface area contributed by atoms with E-state index in [1.807, 2.05) is 89.2 Å². The monoisotopic (exact) mass is 654 g/mol. The van der Waals surface area contributed by atoms with Gasteiger partial charge in [0, 0.05) is 42.0 Å². The van der Waals surface area contributed by atoms with Gasteiger partial charge in [0.25, 0.3) is 0 Å². The van der Waals surface area contributed by atoms with Crippen molar-refractivity contribution in [1.82, 2.24) is 9.97 Å². The summed E-state index contributed by atoms with van der Waals surface area (Å²) in [4.78, 5) is 37.8. The summed E-state index contributed by atoms with van der Waals surface area (Å²) in [6.45, 7) is 8.14. The topological polar surface area (TPSA) is 127 Å². The van der Waals surface area contributed by atoms with E-state index in [-0.39, 0.29) is 11.2 Å². The van der Waals surface area contributed by atoms with Crippen LogP contribution in [0.3, 0.4) is 0 Å². The molecule has 5 rings (SSSR count). The van der Waals surface area contributed by atoms with Gasteiger partial charge in [-0.3, -0.25) is 10.3 Å². The van der Waals surface area contributed by atoms with E-state index in [2.05, 4.69) is 20.9 Å². The van der Waals surface area contributed by atoms with E-state index in [4.69, 9.17) is 19.2 Å². The molecule has 0 atom stereocenters. The third kappa shape index (κ3) is 7.39. The zero-order valence-corrected chi connectivity index (χ0v) is 28.5. The van der Waals surface area contributed by atoms with Crippen LogP contribution >= 0.6 is 11.3 Å². The minimum absolute atomic E-state index is 0.287.